The molecule has 1 N–H and O–H groups in total. The molecule has 6 rings (SSSR count). The van der Waals surface area contributed by atoms with Crippen molar-refractivity contribution in [1.29, 1.82) is 0 Å². The standard InChI is InChI=1S/C25H20N4O4S/c30-23(16-4-3-11-26-12-16)22-21(15-7-9-17(10-8-15)29(32)33)20-13-34-14-28(20)25(22)18-5-1-2-6-19(18)27-24(25)31/h1-12,20-22H,13-14H2,(H,27,31)/t20-,21+,22-,25+/m0/s1. The lowest BCUT2D eigenvalue weighted by molar-refractivity contribution is -0.384. The molecule has 0 aliphatic carbocycles. The first kappa shape index (κ1) is 21.0. The van der Waals surface area contributed by atoms with E-state index in [-0.39, 0.29) is 29.3 Å². The summed E-state index contributed by atoms with van der Waals surface area (Å²) in [6.45, 7) is 0. The summed E-state index contributed by atoms with van der Waals surface area (Å²) < 4.78 is 0. The van der Waals surface area contributed by atoms with E-state index in [1.54, 1.807) is 48.4 Å². The van der Waals surface area contributed by atoms with Crippen LogP contribution in [-0.2, 0) is 10.3 Å². The van der Waals surface area contributed by atoms with Gasteiger partial charge in [0.2, 0.25) is 5.91 Å². The van der Waals surface area contributed by atoms with E-state index in [2.05, 4.69) is 15.2 Å². The lowest BCUT2D eigenvalue weighted by Crippen LogP contribution is -2.52. The van der Waals surface area contributed by atoms with Crippen molar-refractivity contribution in [2.24, 2.45) is 5.92 Å². The molecule has 0 bridgehead atoms. The van der Waals surface area contributed by atoms with Crippen molar-refractivity contribution in [2.45, 2.75) is 17.5 Å². The van der Waals surface area contributed by atoms with Crippen LogP contribution in [0.15, 0.2) is 73.1 Å². The van der Waals surface area contributed by atoms with Crippen LogP contribution in [0, 0.1) is 16.0 Å². The van der Waals surface area contributed by atoms with Gasteiger partial charge in [0.25, 0.3) is 5.69 Å². The second kappa shape index (κ2) is 7.75. The highest BCUT2D eigenvalue weighted by Crippen LogP contribution is 2.61. The molecule has 0 saturated carbocycles. The number of carbonyl (C=O) groups is 2. The third-order valence-corrected chi connectivity index (χ3v) is 8.28. The lowest BCUT2D eigenvalue weighted by atomic mass is 9.69. The lowest BCUT2D eigenvalue weighted by Gasteiger charge is -2.36. The summed E-state index contributed by atoms with van der Waals surface area (Å²) in [7, 11) is 0. The van der Waals surface area contributed by atoms with Crippen molar-refractivity contribution < 1.29 is 14.5 Å². The first-order valence-electron chi connectivity index (χ1n) is 11.0. The monoisotopic (exact) mass is 472 g/mol. The number of para-hydroxylation sites is 1. The molecule has 0 unspecified atom stereocenters. The Morgan fingerprint density at radius 1 is 1.15 bits per heavy atom. The molecule has 34 heavy (non-hydrogen) atoms. The second-order valence-corrected chi connectivity index (χ2v) is 9.76. The van der Waals surface area contributed by atoms with Gasteiger partial charge in [-0.2, -0.15) is 0 Å². The molecule has 4 heterocycles. The van der Waals surface area contributed by atoms with Crippen LogP contribution in [0.5, 0.6) is 0 Å². The van der Waals surface area contributed by atoms with Crippen LogP contribution < -0.4 is 5.32 Å². The van der Waals surface area contributed by atoms with Crippen LogP contribution in [0.25, 0.3) is 0 Å². The number of nitro groups is 1. The maximum Gasteiger partial charge on any atom is 0.269 e. The van der Waals surface area contributed by atoms with Gasteiger partial charge in [-0.1, -0.05) is 30.3 Å². The third kappa shape index (κ3) is 2.80. The van der Waals surface area contributed by atoms with Gasteiger partial charge in [-0.15, -0.1) is 11.8 Å². The fourth-order valence-electron chi connectivity index (χ4n) is 5.91. The Morgan fingerprint density at radius 2 is 1.94 bits per heavy atom. The van der Waals surface area contributed by atoms with E-state index < -0.39 is 16.4 Å². The molecule has 170 valence electrons. The molecule has 3 aliphatic heterocycles. The van der Waals surface area contributed by atoms with Gasteiger partial charge in [0.05, 0.1) is 10.8 Å². The van der Waals surface area contributed by atoms with Crippen molar-refractivity contribution >= 4 is 34.8 Å². The van der Waals surface area contributed by atoms with E-state index in [0.29, 0.717) is 11.4 Å². The number of pyridine rings is 1. The number of hydrogen-bond acceptors (Lipinski definition) is 7. The first-order valence-corrected chi connectivity index (χ1v) is 12.1. The molecule has 8 nitrogen and oxygen atoms in total. The number of rotatable bonds is 4. The molecule has 4 atom stereocenters. The number of non-ortho nitro benzene ring substituents is 1. The Balaban J connectivity index is 1.59. The normalized spacial score (nSPS) is 27.4. The first-order chi connectivity index (χ1) is 16.5. The quantitative estimate of drug-likeness (QED) is 0.350. The number of Topliss-reactive ketones (excluding diaryl/α,β-unsaturated/α-hetero) is 1. The summed E-state index contributed by atoms with van der Waals surface area (Å²) in [4.78, 5) is 45.2. The highest BCUT2D eigenvalue weighted by Gasteiger charge is 2.69. The van der Waals surface area contributed by atoms with Gasteiger partial charge < -0.3 is 5.32 Å². The Hall–Kier alpha value is -3.56. The fourth-order valence-corrected chi connectivity index (χ4v) is 7.24. The summed E-state index contributed by atoms with van der Waals surface area (Å²) in [5.41, 5.74) is 1.62. The fraction of sp³-hybridized carbons (Fsp3) is 0.240. The van der Waals surface area contributed by atoms with Gasteiger partial charge in [0, 0.05) is 64.9 Å². The number of hydrogen-bond donors (Lipinski definition) is 1. The maximum atomic E-state index is 14.2. The number of thioether (sulfide) groups is 1. The Bertz CT molecular complexity index is 1320. The molecular weight excluding hydrogens is 452 g/mol. The zero-order chi connectivity index (χ0) is 23.4. The van der Waals surface area contributed by atoms with Crippen molar-refractivity contribution in [3.05, 3.63) is 99.9 Å². The van der Waals surface area contributed by atoms with Crippen LogP contribution in [0.4, 0.5) is 11.4 Å². The molecule has 2 fully saturated rings. The van der Waals surface area contributed by atoms with Gasteiger partial charge in [-0.3, -0.25) is 29.6 Å². The number of nitrogens with zero attached hydrogens (tertiary/aromatic N) is 3. The summed E-state index contributed by atoms with van der Waals surface area (Å²) >= 11 is 1.73. The molecule has 1 spiro atoms. The minimum absolute atomic E-state index is 0.00629. The molecule has 2 aromatic carbocycles. The number of carbonyl (C=O) groups excluding carboxylic acids is 2. The molecule has 3 aromatic rings. The molecule has 1 aromatic heterocycles. The van der Waals surface area contributed by atoms with Crippen molar-refractivity contribution in [2.75, 3.05) is 16.9 Å². The van der Waals surface area contributed by atoms with Gasteiger partial charge >= 0.3 is 0 Å². The van der Waals surface area contributed by atoms with Crippen molar-refractivity contribution in [1.82, 2.24) is 9.88 Å². The summed E-state index contributed by atoms with van der Waals surface area (Å²) in [5, 5.41) is 14.3. The number of fused-ring (bicyclic) bond motifs is 4. The number of nitro benzene ring substituents is 1. The molecule has 2 saturated heterocycles. The molecule has 9 heteroatoms. The van der Waals surface area contributed by atoms with E-state index in [1.807, 2.05) is 24.3 Å². The highest BCUT2D eigenvalue weighted by molar-refractivity contribution is 7.99. The van der Waals surface area contributed by atoms with E-state index in [9.17, 15) is 19.7 Å². The van der Waals surface area contributed by atoms with Gasteiger partial charge in [-0.05, 0) is 23.8 Å². The largest absolute Gasteiger partial charge is 0.324 e. The van der Waals surface area contributed by atoms with Crippen molar-refractivity contribution in [3.63, 3.8) is 0 Å². The van der Waals surface area contributed by atoms with Gasteiger partial charge in [0.1, 0.15) is 5.54 Å². The van der Waals surface area contributed by atoms with Gasteiger partial charge in [-0.25, -0.2) is 0 Å². The molecule has 1 amide bonds. The Morgan fingerprint density at radius 3 is 2.68 bits per heavy atom. The molecular formula is C25H20N4O4S. The number of benzene rings is 2. The van der Waals surface area contributed by atoms with E-state index in [0.717, 1.165) is 22.6 Å². The van der Waals surface area contributed by atoms with Gasteiger partial charge in [0.15, 0.2) is 5.78 Å². The maximum absolute atomic E-state index is 14.2. The third-order valence-electron chi connectivity index (χ3n) is 7.25. The van der Waals surface area contributed by atoms with E-state index >= 15 is 0 Å². The predicted octanol–water partition coefficient (Wildman–Crippen LogP) is 3.81. The minimum atomic E-state index is -1.16. The zero-order valence-corrected chi connectivity index (χ0v) is 18.8. The predicted molar refractivity (Wildman–Crippen MR) is 128 cm³/mol. The number of aromatic nitrogens is 1. The van der Waals surface area contributed by atoms with E-state index in [4.69, 9.17) is 0 Å². The topological polar surface area (TPSA) is 105 Å². The van der Waals surface area contributed by atoms with Crippen molar-refractivity contribution in [3.8, 4) is 0 Å². The average molecular weight is 473 g/mol. The van der Waals surface area contributed by atoms with Crippen LogP contribution in [-0.4, -0.2) is 44.2 Å². The number of nitrogens with one attached hydrogen (secondary N) is 1. The number of anilines is 1. The summed E-state index contributed by atoms with van der Waals surface area (Å²) in [5.74, 6) is -0.00811. The smallest absolute Gasteiger partial charge is 0.269 e. The minimum Gasteiger partial charge on any atom is -0.324 e. The van der Waals surface area contributed by atoms with E-state index in [1.165, 1.54) is 12.1 Å². The van der Waals surface area contributed by atoms with Crippen LogP contribution in [0.2, 0.25) is 0 Å². The zero-order valence-electron chi connectivity index (χ0n) is 18.0. The Labute approximate surface area is 199 Å². The number of amides is 1. The Kier molecular flexibility index (Phi) is 4.79. The average Bonchev–Trinajstić information content (AvgIpc) is 3.52. The highest BCUT2D eigenvalue weighted by atomic mass is 32.2. The summed E-state index contributed by atoms with van der Waals surface area (Å²) in [6, 6.07) is 17.3. The van der Waals surface area contributed by atoms with Crippen LogP contribution in [0.3, 0.4) is 0 Å². The summed E-state index contributed by atoms with van der Waals surface area (Å²) in [6.07, 6.45) is 3.15. The SMILES string of the molecule is O=C(c1cccnc1)[C@@H]1[C@H](c2ccc([N+](=O)[O-])cc2)[C@@H]2CSCN2[C@@]12C(=O)Nc1ccccc12. The van der Waals surface area contributed by atoms with Crippen LogP contribution in [0.1, 0.15) is 27.4 Å². The number of ketones is 1. The molecule has 3 aliphatic rings. The van der Waals surface area contributed by atoms with Crippen LogP contribution >= 0.6 is 11.8 Å². The molecule has 0 radical (unpaired) electrons. The second-order valence-electron chi connectivity index (χ2n) is 8.76.